The van der Waals surface area contributed by atoms with Gasteiger partial charge in [0.25, 0.3) is 0 Å². The third-order valence-electron chi connectivity index (χ3n) is 6.63. The quantitative estimate of drug-likeness (QED) is 0.423. The van der Waals surface area contributed by atoms with Gasteiger partial charge in [-0.25, -0.2) is 4.39 Å². The molecule has 1 aliphatic heterocycles. The number of rotatable bonds is 6. The van der Waals surface area contributed by atoms with E-state index in [0.717, 1.165) is 40.2 Å². The molecule has 0 spiro atoms. The van der Waals surface area contributed by atoms with Crippen LogP contribution in [0.5, 0.6) is 11.5 Å². The lowest BCUT2D eigenvalue weighted by Crippen LogP contribution is -2.27. The summed E-state index contributed by atoms with van der Waals surface area (Å²) in [5.74, 6) is 1.11. The summed E-state index contributed by atoms with van der Waals surface area (Å²) in [5.41, 5.74) is 5.35. The van der Waals surface area contributed by atoms with Gasteiger partial charge in [-0.3, -0.25) is 4.79 Å². The number of Topliss-reactive ketones (excluding diaryl/α,β-unsaturated/α-hetero) is 1. The minimum atomic E-state index is -0.350. The maximum absolute atomic E-state index is 13.7. The highest BCUT2D eigenvalue weighted by molar-refractivity contribution is 6.01. The number of benzene rings is 3. The maximum Gasteiger partial charge on any atom is 0.163 e. The molecule has 0 saturated carbocycles. The molecule has 35 heavy (non-hydrogen) atoms. The average Bonchev–Trinajstić information content (AvgIpc) is 3.04. The van der Waals surface area contributed by atoms with Crippen LogP contribution in [0.3, 0.4) is 0 Å². The van der Waals surface area contributed by atoms with Crippen molar-refractivity contribution in [3.05, 3.63) is 94.9 Å². The lowest BCUT2D eigenvalue weighted by molar-refractivity contribution is -0.116. The number of anilines is 2. The van der Waals surface area contributed by atoms with Crippen molar-refractivity contribution in [3.8, 4) is 11.5 Å². The summed E-state index contributed by atoms with van der Waals surface area (Å²) < 4.78 is 25.0. The highest BCUT2D eigenvalue weighted by atomic mass is 19.1. The van der Waals surface area contributed by atoms with E-state index >= 15 is 0 Å². The predicted octanol–water partition coefficient (Wildman–Crippen LogP) is 6.60. The molecular formula is C29H29FN2O3. The molecule has 5 rings (SSSR count). The Kier molecular flexibility index (Phi) is 6.45. The monoisotopic (exact) mass is 472 g/mol. The third kappa shape index (κ3) is 4.61. The first-order valence-corrected chi connectivity index (χ1v) is 12.0. The van der Waals surface area contributed by atoms with Crippen LogP contribution >= 0.6 is 0 Å². The number of allylic oxidation sites excluding steroid dienone is 1. The lowest BCUT2D eigenvalue weighted by atomic mass is 9.78. The van der Waals surface area contributed by atoms with Gasteiger partial charge in [-0.1, -0.05) is 37.3 Å². The largest absolute Gasteiger partial charge is 0.493 e. The Hall–Kier alpha value is -3.80. The van der Waals surface area contributed by atoms with Crippen LogP contribution in [0.1, 0.15) is 49.3 Å². The van der Waals surface area contributed by atoms with Gasteiger partial charge in [0.2, 0.25) is 0 Å². The van der Waals surface area contributed by atoms with Crippen LogP contribution in [0.4, 0.5) is 15.8 Å². The smallest absolute Gasteiger partial charge is 0.163 e. The van der Waals surface area contributed by atoms with E-state index in [1.807, 2.05) is 42.5 Å². The normalized spacial score (nSPS) is 19.1. The molecule has 1 aliphatic carbocycles. The van der Waals surface area contributed by atoms with Crippen molar-refractivity contribution in [1.82, 2.24) is 0 Å². The fraction of sp³-hybridized carbons (Fsp3) is 0.276. The highest BCUT2D eigenvalue weighted by Gasteiger charge is 2.36. The number of fused-ring (bicyclic) bond motifs is 1. The molecule has 0 radical (unpaired) electrons. The molecule has 2 atom stereocenters. The molecule has 3 aromatic rings. The van der Waals surface area contributed by atoms with Gasteiger partial charge in [0.05, 0.1) is 31.1 Å². The van der Waals surface area contributed by atoms with Crippen molar-refractivity contribution < 1.29 is 18.7 Å². The minimum absolute atomic E-state index is 0.0142. The number of nitrogens with one attached hydrogen (secondary N) is 2. The molecular weight excluding hydrogens is 443 g/mol. The standard InChI is InChI=1S/C29H29FN2O3/c1-3-14-35-26-13-10-19(17-27(26)34-2)29-28-24(31-22-6-4-5-7-23(22)32-29)15-20(16-25(28)33)18-8-11-21(30)12-9-18/h4-13,17,20,29,31-32H,3,14-16H2,1-2H3. The third-order valence-corrected chi connectivity index (χ3v) is 6.63. The SMILES string of the molecule is CCCOc1ccc(C2Nc3ccccc3NC3=C2C(=O)CC(c2ccc(F)cc2)C3)cc1OC. The molecule has 0 fully saturated rings. The highest BCUT2D eigenvalue weighted by Crippen LogP contribution is 2.45. The Bertz CT molecular complexity index is 1270. The molecule has 0 amide bonds. The number of para-hydroxylation sites is 2. The van der Waals surface area contributed by atoms with Crippen LogP contribution < -0.4 is 20.1 Å². The van der Waals surface area contributed by atoms with Gasteiger partial charge < -0.3 is 20.1 Å². The van der Waals surface area contributed by atoms with E-state index in [2.05, 4.69) is 17.6 Å². The summed E-state index contributed by atoms with van der Waals surface area (Å²) in [5, 5.41) is 7.13. The Morgan fingerprint density at radius 3 is 2.43 bits per heavy atom. The van der Waals surface area contributed by atoms with Crippen LogP contribution in [0, 0.1) is 5.82 Å². The second kappa shape index (κ2) is 9.82. The molecule has 0 aromatic heterocycles. The van der Waals surface area contributed by atoms with Gasteiger partial charge in [0.15, 0.2) is 17.3 Å². The zero-order valence-corrected chi connectivity index (χ0v) is 19.9. The predicted molar refractivity (Wildman–Crippen MR) is 136 cm³/mol. The van der Waals surface area contributed by atoms with Crippen molar-refractivity contribution in [2.75, 3.05) is 24.4 Å². The van der Waals surface area contributed by atoms with Gasteiger partial charge in [0, 0.05) is 17.7 Å². The Labute approximate surface area is 205 Å². The number of halogens is 1. The van der Waals surface area contributed by atoms with Gasteiger partial charge in [-0.15, -0.1) is 0 Å². The first-order valence-electron chi connectivity index (χ1n) is 12.0. The zero-order chi connectivity index (χ0) is 24.4. The van der Waals surface area contributed by atoms with Crippen molar-refractivity contribution in [2.24, 2.45) is 0 Å². The number of carbonyl (C=O) groups is 1. The fourth-order valence-electron chi connectivity index (χ4n) is 4.91. The summed E-state index contributed by atoms with van der Waals surface area (Å²) in [7, 11) is 1.62. The van der Waals surface area contributed by atoms with Gasteiger partial charge >= 0.3 is 0 Å². The average molecular weight is 473 g/mol. The van der Waals surface area contributed by atoms with Crippen molar-refractivity contribution in [1.29, 1.82) is 0 Å². The Morgan fingerprint density at radius 2 is 1.69 bits per heavy atom. The van der Waals surface area contributed by atoms with Crippen LogP contribution in [-0.4, -0.2) is 19.5 Å². The van der Waals surface area contributed by atoms with Crippen LogP contribution in [-0.2, 0) is 4.79 Å². The molecule has 2 unspecified atom stereocenters. The van der Waals surface area contributed by atoms with E-state index in [1.54, 1.807) is 19.2 Å². The van der Waals surface area contributed by atoms with E-state index < -0.39 is 0 Å². The fourth-order valence-corrected chi connectivity index (χ4v) is 4.91. The second-order valence-corrected chi connectivity index (χ2v) is 8.98. The van der Waals surface area contributed by atoms with E-state index in [0.29, 0.717) is 30.9 Å². The number of methoxy groups -OCH3 is 1. The summed E-state index contributed by atoms with van der Waals surface area (Å²) in [6.45, 7) is 2.66. The van der Waals surface area contributed by atoms with Gasteiger partial charge in [-0.05, 0) is 66.3 Å². The summed E-state index contributed by atoms with van der Waals surface area (Å²) in [4.78, 5) is 13.7. The van der Waals surface area contributed by atoms with E-state index in [1.165, 1.54) is 12.1 Å². The lowest BCUT2D eigenvalue weighted by Gasteiger charge is -2.30. The van der Waals surface area contributed by atoms with E-state index in [4.69, 9.17) is 9.47 Å². The number of ketones is 1. The molecule has 6 heteroatoms. The minimum Gasteiger partial charge on any atom is -0.493 e. The zero-order valence-electron chi connectivity index (χ0n) is 19.9. The Balaban J connectivity index is 1.57. The molecule has 3 aromatic carbocycles. The maximum atomic E-state index is 13.7. The molecule has 5 nitrogen and oxygen atoms in total. The summed E-state index contributed by atoms with van der Waals surface area (Å²) in [6.07, 6.45) is 1.93. The first kappa shape index (κ1) is 23.0. The number of hydrogen-bond acceptors (Lipinski definition) is 5. The number of ether oxygens (including phenoxy) is 2. The van der Waals surface area contributed by atoms with Crippen molar-refractivity contribution in [3.63, 3.8) is 0 Å². The molecule has 2 N–H and O–H groups in total. The van der Waals surface area contributed by atoms with Crippen LogP contribution in [0.2, 0.25) is 0 Å². The molecule has 180 valence electrons. The first-order chi connectivity index (χ1) is 17.1. The summed E-state index contributed by atoms with van der Waals surface area (Å²) >= 11 is 0. The second-order valence-electron chi connectivity index (χ2n) is 8.98. The molecule has 2 aliphatic rings. The molecule has 1 heterocycles. The topological polar surface area (TPSA) is 59.6 Å². The van der Waals surface area contributed by atoms with Crippen LogP contribution in [0.25, 0.3) is 0 Å². The van der Waals surface area contributed by atoms with Crippen molar-refractivity contribution >= 4 is 17.2 Å². The van der Waals surface area contributed by atoms with E-state index in [-0.39, 0.29) is 23.6 Å². The molecule has 0 saturated heterocycles. The number of hydrogen-bond donors (Lipinski definition) is 2. The van der Waals surface area contributed by atoms with Crippen molar-refractivity contribution in [2.45, 2.75) is 38.1 Å². The summed E-state index contributed by atoms with van der Waals surface area (Å²) in [6, 6.07) is 19.9. The van der Waals surface area contributed by atoms with E-state index in [9.17, 15) is 9.18 Å². The number of carbonyl (C=O) groups excluding carboxylic acids is 1. The van der Waals surface area contributed by atoms with Crippen LogP contribution in [0.15, 0.2) is 78.0 Å². The Morgan fingerprint density at radius 1 is 0.943 bits per heavy atom. The molecule has 0 bridgehead atoms. The van der Waals surface area contributed by atoms with Gasteiger partial charge in [-0.2, -0.15) is 0 Å². The van der Waals surface area contributed by atoms with Gasteiger partial charge in [0.1, 0.15) is 5.82 Å².